The first-order chi connectivity index (χ1) is 11.7. The monoisotopic (exact) mass is 325 g/mol. The molecule has 1 saturated heterocycles. The lowest BCUT2D eigenvalue weighted by Crippen LogP contribution is -2.46. The van der Waals surface area contributed by atoms with Crippen LogP contribution in [0.3, 0.4) is 0 Å². The molecule has 2 aliphatic rings. The van der Waals surface area contributed by atoms with Crippen molar-refractivity contribution in [3.63, 3.8) is 0 Å². The van der Waals surface area contributed by atoms with E-state index in [4.69, 9.17) is 0 Å². The Morgan fingerprint density at radius 2 is 2.04 bits per heavy atom. The Labute approximate surface area is 141 Å². The van der Waals surface area contributed by atoms with Crippen LogP contribution in [0.25, 0.3) is 0 Å². The predicted octanol–water partition coefficient (Wildman–Crippen LogP) is 1.71. The van der Waals surface area contributed by atoms with Gasteiger partial charge in [0.05, 0.1) is 0 Å². The van der Waals surface area contributed by atoms with E-state index in [1.807, 2.05) is 17.9 Å². The molecule has 126 valence electrons. The third-order valence-electron chi connectivity index (χ3n) is 5.14. The summed E-state index contributed by atoms with van der Waals surface area (Å²) in [5, 5.41) is 10.6. The van der Waals surface area contributed by atoms with Gasteiger partial charge in [-0.2, -0.15) is 5.10 Å². The number of nitrogens with one attached hydrogen (secondary N) is 2. The summed E-state index contributed by atoms with van der Waals surface area (Å²) < 4.78 is 0. The van der Waals surface area contributed by atoms with Crippen LogP contribution in [0.15, 0.2) is 24.3 Å². The molecule has 24 heavy (non-hydrogen) atoms. The largest absolute Gasteiger partial charge is 0.341 e. The molecule has 1 atom stereocenters. The topological polar surface area (TPSA) is 73.9 Å². The number of hydrogen-bond donors (Lipinski definition) is 2. The predicted molar refractivity (Wildman–Crippen MR) is 90.6 cm³/mol. The summed E-state index contributed by atoms with van der Waals surface area (Å²) in [6.45, 7) is 4.33. The molecule has 3 heterocycles. The summed E-state index contributed by atoms with van der Waals surface area (Å²) in [5.41, 5.74) is 2.43. The molecule has 0 spiro atoms. The van der Waals surface area contributed by atoms with Gasteiger partial charge in [-0.3, -0.25) is 9.89 Å². The highest BCUT2D eigenvalue weighted by atomic mass is 16.2. The van der Waals surface area contributed by atoms with Crippen molar-refractivity contribution < 1.29 is 4.79 Å². The summed E-state index contributed by atoms with van der Waals surface area (Å²) in [5.74, 6) is 2.30. The van der Waals surface area contributed by atoms with Gasteiger partial charge in [0.2, 0.25) is 5.91 Å². The average molecular weight is 325 g/mol. The van der Waals surface area contributed by atoms with Crippen molar-refractivity contribution in [1.82, 2.24) is 25.4 Å². The summed E-state index contributed by atoms with van der Waals surface area (Å²) in [4.78, 5) is 19.4. The molecule has 0 bridgehead atoms. The number of likely N-dealkylation sites (tertiary alicyclic amines) is 1. The second kappa shape index (κ2) is 6.36. The van der Waals surface area contributed by atoms with Crippen molar-refractivity contribution in [3.05, 3.63) is 47.0 Å². The zero-order valence-corrected chi connectivity index (χ0v) is 14.0. The number of aromatic amines is 1. The van der Waals surface area contributed by atoms with Crippen LogP contribution in [0.1, 0.15) is 47.6 Å². The summed E-state index contributed by atoms with van der Waals surface area (Å²) in [6.07, 6.45) is 2.85. The van der Waals surface area contributed by atoms with Crippen LogP contribution in [-0.2, 0) is 11.2 Å². The number of amides is 1. The fraction of sp³-hybridized carbons (Fsp3) is 0.500. The molecule has 0 unspecified atom stereocenters. The molecule has 6 nitrogen and oxygen atoms in total. The van der Waals surface area contributed by atoms with Gasteiger partial charge in [0.25, 0.3) is 0 Å². The van der Waals surface area contributed by atoms with Crippen LogP contribution < -0.4 is 5.32 Å². The number of carbonyl (C=O) groups is 1. The van der Waals surface area contributed by atoms with E-state index in [0.29, 0.717) is 5.92 Å². The van der Waals surface area contributed by atoms with Gasteiger partial charge in [-0.25, -0.2) is 4.98 Å². The van der Waals surface area contributed by atoms with Crippen LogP contribution in [0.5, 0.6) is 0 Å². The lowest BCUT2D eigenvalue weighted by molar-refractivity contribution is -0.134. The molecule has 0 radical (unpaired) electrons. The molecular weight excluding hydrogens is 302 g/mol. The molecule has 6 heteroatoms. The molecule has 1 amide bonds. The van der Waals surface area contributed by atoms with E-state index in [1.54, 1.807) is 0 Å². The number of rotatable bonds is 2. The van der Waals surface area contributed by atoms with E-state index in [-0.39, 0.29) is 11.9 Å². The Kier molecular flexibility index (Phi) is 4.06. The first-order valence-corrected chi connectivity index (χ1v) is 8.71. The fourth-order valence-corrected chi connectivity index (χ4v) is 3.81. The average Bonchev–Trinajstić information content (AvgIpc) is 3.07. The minimum atomic E-state index is -0.197. The number of benzene rings is 1. The van der Waals surface area contributed by atoms with Gasteiger partial charge in [0, 0.05) is 25.6 Å². The van der Waals surface area contributed by atoms with Gasteiger partial charge in [0.1, 0.15) is 11.9 Å². The summed E-state index contributed by atoms with van der Waals surface area (Å²) >= 11 is 0. The molecule has 2 aliphatic heterocycles. The second-order valence-corrected chi connectivity index (χ2v) is 6.71. The van der Waals surface area contributed by atoms with Crippen molar-refractivity contribution in [1.29, 1.82) is 0 Å². The van der Waals surface area contributed by atoms with Crippen molar-refractivity contribution in [2.45, 2.75) is 38.1 Å². The Morgan fingerprint density at radius 1 is 1.25 bits per heavy atom. The Balaban J connectivity index is 1.44. The maximum absolute atomic E-state index is 13.0. The van der Waals surface area contributed by atoms with Crippen LogP contribution in [0, 0.1) is 6.92 Å². The highest BCUT2D eigenvalue weighted by Crippen LogP contribution is 2.29. The third-order valence-corrected chi connectivity index (χ3v) is 5.14. The normalized spacial score (nSPS) is 21.5. The lowest BCUT2D eigenvalue weighted by Gasteiger charge is -2.35. The van der Waals surface area contributed by atoms with Crippen LogP contribution in [0.2, 0.25) is 0 Å². The SMILES string of the molecule is Cc1nc(C2CCN(C(=O)[C@H]3NCCc4ccccc43)CC2)n[nH]1. The molecule has 1 aromatic carbocycles. The highest BCUT2D eigenvalue weighted by molar-refractivity contribution is 5.84. The zero-order valence-electron chi connectivity index (χ0n) is 14.0. The van der Waals surface area contributed by atoms with E-state index in [0.717, 1.165) is 56.1 Å². The Bertz CT molecular complexity index is 733. The van der Waals surface area contributed by atoms with Gasteiger partial charge in [-0.15, -0.1) is 0 Å². The van der Waals surface area contributed by atoms with Gasteiger partial charge >= 0.3 is 0 Å². The lowest BCUT2D eigenvalue weighted by atomic mass is 9.91. The number of aryl methyl sites for hydroxylation is 1. The Morgan fingerprint density at radius 3 is 2.79 bits per heavy atom. The zero-order chi connectivity index (χ0) is 16.5. The quantitative estimate of drug-likeness (QED) is 0.881. The number of piperidine rings is 1. The first-order valence-electron chi connectivity index (χ1n) is 8.71. The van der Waals surface area contributed by atoms with Gasteiger partial charge in [-0.05, 0) is 37.3 Å². The van der Waals surface area contributed by atoms with E-state index < -0.39 is 0 Å². The molecule has 4 rings (SSSR count). The second-order valence-electron chi connectivity index (χ2n) is 6.71. The fourth-order valence-electron chi connectivity index (χ4n) is 3.81. The van der Waals surface area contributed by atoms with E-state index in [9.17, 15) is 4.79 Å². The van der Waals surface area contributed by atoms with Crippen LogP contribution in [-0.4, -0.2) is 45.6 Å². The number of carbonyl (C=O) groups excluding carboxylic acids is 1. The Hall–Kier alpha value is -2.21. The molecule has 0 aliphatic carbocycles. The number of nitrogens with zero attached hydrogens (tertiary/aromatic N) is 3. The van der Waals surface area contributed by atoms with Crippen molar-refractivity contribution in [2.75, 3.05) is 19.6 Å². The molecule has 2 aromatic rings. The molecular formula is C18H23N5O. The smallest absolute Gasteiger partial charge is 0.244 e. The number of H-pyrrole nitrogens is 1. The van der Waals surface area contributed by atoms with Crippen molar-refractivity contribution in [2.24, 2.45) is 0 Å². The third kappa shape index (κ3) is 2.82. The first kappa shape index (κ1) is 15.3. The maximum atomic E-state index is 13.0. The number of aromatic nitrogens is 3. The van der Waals surface area contributed by atoms with E-state index >= 15 is 0 Å². The van der Waals surface area contributed by atoms with Crippen LogP contribution in [0.4, 0.5) is 0 Å². The number of hydrogen-bond acceptors (Lipinski definition) is 4. The molecule has 0 saturated carbocycles. The molecule has 2 N–H and O–H groups in total. The van der Waals surface area contributed by atoms with Gasteiger partial charge in [-0.1, -0.05) is 24.3 Å². The minimum absolute atomic E-state index is 0.197. The maximum Gasteiger partial charge on any atom is 0.244 e. The molecule has 1 aromatic heterocycles. The van der Waals surface area contributed by atoms with Crippen molar-refractivity contribution >= 4 is 5.91 Å². The highest BCUT2D eigenvalue weighted by Gasteiger charge is 2.32. The van der Waals surface area contributed by atoms with Crippen molar-refractivity contribution in [3.8, 4) is 0 Å². The van der Waals surface area contributed by atoms with Gasteiger partial charge in [0.15, 0.2) is 5.82 Å². The summed E-state index contributed by atoms with van der Waals surface area (Å²) in [7, 11) is 0. The molecule has 1 fully saturated rings. The summed E-state index contributed by atoms with van der Waals surface area (Å²) in [6, 6.07) is 8.08. The van der Waals surface area contributed by atoms with Crippen LogP contribution >= 0.6 is 0 Å². The van der Waals surface area contributed by atoms with E-state index in [2.05, 4.69) is 38.7 Å². The standard InChI is InChI=1S/C18H23N5O/c1-12-20-17(22-21-12)14-7-10-23(11-8-14)18(24)16-15-5-3-2-4-13(15)6-9-19-16/h2-5,14,16,19H,6-11H2,1H3,(H,20,21,22)/t16-/m0/s1. The minimum Gasteiger partial charge on any atom is -0.341 e. The van der Waals surface area contributed by atoms with Gasteiger partial charge < -0.3 is 10.2 Å². The number of fused-ring (bicyclic) bond motifs is 1. The van der Waals surface area contributed by atoms with E-state index in [1.165, 1.54) is 5.56 Å².